The first kappa shape index (κ1) is 22.2. The maximum atomic E-state index is 12.8. The van der Waals surface area contributed by atoms with Gasteiger partial charge in [-0.25, -0.2) is 4.79 Å². The Labute approximate surface area is 191 Å². The second kappa shape index (κ2) is 8.84. The van der Waals surface area contributed by atoms with E-state index in [0.29, 0.717) is 16.0 Å². The van der Waals surface area contributed by atoms with E-state index >= 15 is 0 Å². The standard InChI is InChI=1S/C23H20FNO5S2/c1-14-15(10-16(11-22(14)31)30-32(24,27)28)12-25-23(26)29-13-21-19-8-4-2-6-17(19)18-7-3-5-9-20(18)21/h2-11,21,31H,12-13H2,1H3,(H,25,26). The molecule has 0 spiro atoms. The number of hydrogen-bond donors (Lipinski definition) is 2. The van der Waals surface area contributed by atoms with Crippen molar-refractivity contribution >= 4 is 29.2 Å². The first-order valence-electron chi connectivity index (χ1n) is 9.78. The molecule has 0 unspecified atom stereocenters. The molecule has 1 amide bonds. The topological polar surface area (TPSA) is 81.7 Å². The van der Waals surface area contributed by atoms with E-state index < -0.39 is 16.6 Å². The molecule has 4 rings (SSSR count). The van der Waals surface area contributed by atoms with Gasteiger partial charge < -0.3 is 14.2 Å². The minimum absolute atomic E-state index is 0.0274. The number of carbonyl (C=O) groups is 1. The second-order valence-corrected chi connectivity index (χ2v) is 8.82. The van der Waals surface area contributed by atoms with Crippen LogP contribution in [0.15, 0.2) is 65.6 Å². The van der Waals surface area contributed by atoms with Crippen LogP contribution in [-0.4, -0.2) is 21.1 Å². The van der Waals surface area contributed by atoms with E-state index in [2.05, 4.69) is 34.3 Å². The smallest absolute Gasteiger partial charge is 0.449 e. The molecule has 32 heavy (non-hydrogen) atoms. The van der Waals surface area contributed by atoms with Gasteiger partial charge >= 0.3 is 16.6 Å². The Morgan fingerprint density at radius 3 is 2.25 bits per heavy atom. The molecule has 9 heteroatoms. The van der Waals surface area contributed by atoms with Gasteiger partial charge in [-0.3, -0.25) is 0 Å². The summed E-state index contributed by atoms with van der Waals surface area (Å²) < 4.78 is 44.1. The van der Waals surface area contributed by atoms with Crippen LogP contribution in [0.4, 0.5) is 8.68 Å². The fourth-order valence-electron chi connectivity index (χ4n) is 3.89. The van der Waals surface area contributed by atoms with Crippen LogP contribution in [0.25, 0.3) is 11.1 Å². The molecule has 1 N–H and O–H groups in total. The molecule has 3 aromatic carbocycles. The molecule has 1 aliphatic rings. The van der Waals surface area contributed by atoms with Crippen molar-refractivity contribution in [1.82, 2.24) is 5.32 Å². The molecule has 1 aliphatic carbocycles. The molecule has 0 aliphatic heterocycles. The van der Waals surface area contributed by atoms with E-state index in [1.54, 1.807) is 6.92 Å². The van der Waals surface area contributed by atoms with Gasteiger partial charge in [0.1, 0.15) is 12.4 Å². The summed E-state index contributed by atoms with van der Waals surface area (Å²) >= 11 is 4.24. The van der Waals surface area contributed by atoms with Crippen molar-refractivity contribution in [2.75, 3.05) is 6.61 Å². The van der Waals surface area contributed by atoms with Crippen molar-refractivity contribution in [3.8, 4) is 16.9 Å². The van der Waals surface area contributed by atoms with Crippen LogP contribution in [-0.2, 0) is 21.8 Å². The first-order chi connectivity index (χ1) is 15.2. The summed E-state index contributed by atoms with van der Waals surface area (Å²) in [5.74, 6) is -0.294. The minimum atomic E-state index is -5.17. The summed E-state index contributed by atoms with van der Waals surface area (Å²) in [6, 6.07) is 18.7. The number of fused-ring (bicyclic) bond motifs is 3. The largest absolute Gasteiger partial charge is 0.488 e. The number of halogens is 1. The monoisotopic (exact) mass is 473 g/mol. The van der Waals surface area contributed by atoms with Crippen LogP contribution in [0.1, 0.15) is 28.2 Å². The van der Waals surface area contributed by atoms with Crippen molar-refractivity contribution in [3.63, 3.8) is 0 Å². The number of rotatable bonds is 6. The van der Waals surface area contributed by atoms with E-state index in [4.69, 9.17) is 4.74 Å². The van der Waals surface area contributed by atoms with Gasteiger partial charge in [0, 0.05) is 17.4 Å². The highest BCUT2D eigenvalue weighted by Crippen LogP contribution is 2.44. The van der Waals surface area contributed by atoms with Gasteiger partial charge in [0.2, 0.25) is 0 Å². The molecule has 0 bridgehead atoms. The summed E-state index contributed by atoms with van der Waals surface area (Å²) in [5.41, 5.74) is 5.69. The molecule has 0 fully saturated rings. The number of carbonyl (C=O) groups excluding carboxylic acids is 1. The average molecular weight is 474 g/mol. The van der Waals surface area contributed by atoms with E-state index in [9.17, 15) is 17.1 Å². The molecule has 0 saturated carbocycles. The minimum Gasteiger partial charge on any atom is -0.449 e. The second-order valence-electron chi connectivity index (χ2n) is 7.38. The van der Waals surface area contributed by atoms with Crippen LogP contribution >= 0.6 is 12.6 Å². The van der Waals surface area contributed by atoms with Crippen LogP contribution in [0.5, 0.6) is 5.75 Å². The predicted octanol–water partition coefficient (Wildman–Crippen LogP) is 4.92. The Bertz CT molecular complexity index is 1250. The highest BCUT2D eigenvalue weighted by Gasteiger charge is 2.29. The van der Waals surface area contributed by atoms with Crippen molar-refractivity contribution in [2.24, 2.45) is 0 Å². The van der Waals surface area contributed by atoms with E-state index in [0.717, 1.165) is 22.3 Å². The number of hydrogen-bond acceptors (Lipinski definition) is 6. The zero-order chi connectivity index (χ0) is 22.9. The lowest BCUT2D eigenvalue weighted by Crippen LogP contribution is -2.26. The van der Waals surface area contributed by atoms with Crippen molar-refractivity contribution < 1.29 is 26.0 Å². The Hall–Kier alpha value is -3.04. The Balaban J connectivity index is 1.43. The summed E-state index contributed by atoms with van der Waals surface area (Å²) in [4.78, 5) is 12.8. The van der Waals surface area contributed by atoms with Crippen molar-refractivity contribution in [3.05, 3.63) is 82.9 Å². The average Bonchev–Trinajstić information content (AvgIpc) is 3.06. The summed E-state index contributed by atoms with van der Waals surface area (Å²) in [6.07, 6.45) is -0.628. The molecule has 0 atom stereocenters. The quantitative estimate of drug-likeness (QED) is 0.393. The van der Waals surface area contributed by atoms with E-state index in [-0.39, 0.29) is 24.8 Å². The molecule has 3 aromatic rings. The van der Waals surface area contributed by atoms with Gasteiger partial charge in [-0.15, -0.1) is 12.6 Å². The zero-order valence-corrected chi connectivity index (χ0v) is 18.8. The van der Waals surface area contributed by atoms with Crippen LogP contribution in [0, 0.1) is 6.92 Å². The number of ether oxygens (including phenoxy) is 1. The zero-order valence-electron chi connectivity index (χ0n) is 17.0. The highest BCUT2D eigenvalue weighted by molar-refractivity contribution is 7.81. The van der Waals surface area contributed by atoms with Crippen LogP contribution < -0.4 is 9.50 Å². The normalized spacial score (nSPS) is 12.7. The predicted molar refractivity (Wildman–Crippen MR) is 121 cm³/mol. The third-order valence-electron chi connectivity index (χ3n) is 5.42. The maximum absolute atomic E-state index is 12.8. The number of alkyl carbamates (subject to hydrolysis) is 1. The van der Waals surface area contributed by atoms with Gasteiger partial charge in [0.15, 0.2) is 0 Å². The summed E-state index contributed by atoms with van der Waals surface area (Å²) in [6.45, 7) is 1.93. The molecule has 6 nitrogen and oxygen atoms in total. The Kier molecular flexibility index (Phi) is 6.12. The van der Waals surface area contributed by atoms with E-state index in [1.165, 1.54) is 12.1 Å². The fraction of sp³-hybridized carbons (Fsp3) is 0.174. The molecule has 166 valence electrons. The van der Waals surface area contributed by atoms with E-state index in [1.807, 2.05) is 36.4 Å². The summed E-state index contributed by atoms with van der Waals surface area (Å²) in [5, 5.41) is 2.64. The Morgan fingerprint density at radius 1 is 1.06 bits per heavy atom. The van der Waals surface area contributed by atoms with Crippen molar-refractivity contribution in [2.45, 2.75) is 24.3 Å². The molecule has 0 aromatic heterocycles. The number of benzene rings is 3. The van der Waals surface area contributed by atoms with Crippen LogP contribution in [0.3, 0.4) is 0 Å². The van der Waals surface area contributed by atoms with Gasteiger partial charge in [-0.2, -0.15) is 8.42 Å². The highest BCUT2D eigenvalue weighted by atomic mass is 32.3. The Morgan fingerprint density at radius 2 is 1.66 bits per heavy atom. The number of thiol groups is 1. The van der Waals surface area contributed by atoms with Gasteiger partial charge in [0.25, 0.3) is 0 Å². The maximum Gasteiger partial charge on any atom is 0.488 e. The molecular weight excluding hydrogens is 453 g/mol. The van der Waals surface area contributed by atoms with Crippen molar-refractivity contribution in [1.29, 1.82) is 0 Å². The molecule has 0 saturated heterocycles. The lowest BCUT2D eigenvalue weighted by molar-refractivity contribution is 0.142. The summed E-state index contributed by atoms with van der Waals surface area (Å²) in [7, 11) is -5.17. The molecular formula is C23H20FNO5S2. The lowest BCUT2D eigenvalue weighted by Gasteiger charge is -2.15. The first-order valence-corrected chi connectivity index (χ1v) is 11.5. The third kappa shape index (κ3) is 4.73. The third-order valence-corrected chi connectivity index (χ3v) is 6.28. The van der Waals surface area contributed by atoms with Crippen LogP contribution in [0.2, 0.25) is 0 Å². The SMILES string of the molecule is Cc1c(S)cc(OS(=O)(=O)F)cc1CNC(=O)OCC1c2ccccc2-c2ccccc21. The molecule has 0 heterocycles. The van der Waals surface area contributed by atoms with Gasteiger partial charge in [0.05, 0.1) is 0 Å². The lowest BCUT2D eigenvalue weighted by atomic mass is 9.98. The number of amides is 1. The molecule has 0 radical (unpaired) electrons. The fourth-order valence-corrected chi connectivity index (χ4v) is 4.49. The van der Waals surface area contributed by atoms with Gasteiger partial charge in [-0.05, 0) is 52.4 Å². The van der Waals surface area contributed by atoms with Gasteiger partial charge in [-0.1, -0.05) is 52.4 Å². The number of nitrogens with one attached hydrogen (secondary N) is 1.